The summed E-state index contributed by atoms with van der Waals surface area (Å²) in [6, 6.07) is 14.0. The second-order valence-electron chi connectivity index (χ2n) is 6.52. The van der Waals surface area contributed by atoms with Gasteiger partial charge >= 0.3 is 6.03 Å². The predicted molar refractivity (Wildman–Crippen MR) is 110 cm³/mol. The van der Waals surface area contributed by atoms with Crippen molar-refractivity contribution in [1.82, 2.24) is 10.2 Å². The molecule has 0 spiro atoms. The molecule has 3 amide bonds. The molecule has 0 atom stereocenters. The fraction of sp³-hybridized carbons (Fsp3) is 0.300. The highest BCUT2D eigenvalue weighted by Gasteiger charge is 2.24. The number of anilines is 1. The number of likely N-dealkylation sites (tertiary alicyclic amines) is 1. The molecule has 28 heavy (non-hydrogen) atoms. The Morgan fingerprint density at radius 1 is 1.04 bits per heavy atom. The van der Waals surface area contributed by atoms with E-state index in [9.17, 15) is 9.59 Å². The number of para-hydroxylation sites is 1. The average molecular weight is 422 g/mol. The van der Waals surface area contributed by atoms with E-state index in [4.69, 9.17) is 27.9 Å². The standard InChI is InChI=1S/C20H21Cl2N3O3/c21-14-10-15(22)12-18(11-14)28-13-19(26)23-17-6-8-25(9-7-17)20(27)24-16-4-2-1-3-5-16/h1-5,10-12,17H,6-9,13H2,(H,23,26)(H,24,27). The highest BCUT2D eigenvalue weighted by Crippen LogP contribution is 2.24. The minimum atomic E-state index is -0.219. The zero-order chi connectivity index (χ0) is 19.9. The molecule has 0 unspecified atom stereocenters. The summed E-state index contributed by atoms with van der Waals surface area (Å²) in [5.74, 6) is 0.225. The topological polar surface area (TPSA) is 70.7 Å². The van der Waals surface area contributed by atoms with Crippen molar-refractivity contribution in [1.29, 1.82) is 0 Å². The normalized spacial score (nSPS) is 14.4. The lowest BCUT2D eigenvalue weighted by Gasteiger charge is -2.32. The van der Waals surface area contributed by atoms with Crippen LogP contribution in [0.5, 0.6) is 5.75 Å². The second-order valence-corrected chi connectivity index (χ2v) is 7.39. The van der Waals surface area contributed by atoms with Crippen LogP contribution in [0.3, 0.4) is 0 Å². The van der Waals surface area contributed by atoms with E-state index in [2.05, 4.69) is 10.6 Å². The Kier molecular flexibility index (Phi) is 7.01. The number of urea groups is 1. The number of hydrogen-bond donors (Lipinski definition) is 2. The molecule has 2 N–H and O–H groups in total. The fourth-order valence-corrected chi connectivity index (χ4v) is 3.49. The largest absolute Gasteiger partial charge is 0.484 e. The Labute approximate surface area is 173 Å². The lowest BCUT2D eigenvalue weighted by molar-refractivity contribution is -0.124. The van der Waals surface area contributed by atoms with E-state index in [0.717, 1.165) is 5.69 Å². The summed E-state index contributed by atoms with van der Waals surface area (Å²) in [5, 5.41) is 6.71. The van der Waals surface area contributed by atoms with Gasteiger partial charge in [-0.25, -0.2) is 4.79 Å². The van der Waals surface area contributed by atoms with Gasteiger partial charge in [0.1, 0.15) is 5.75 Å². The minimum absolute atomic E-state index is 0.0137. The van der Waals surface area contributed by atoms with Crippen molar-refractivity contribution in [2.24, 2.45) is 0 Å². The number of ether oxygens (including phenoxy) is 1. The number of carbonyl (C=O) groups excluding carboxylic acids is 2. The molecule has 1 heterocycles. The van der Waals surface area contributed by atoms with Gasteiger partial charge < -0.3 is 20.3 Å². The van der Waals surface area contributed by atoms with Gasteiger partial charge in [-0.2, -0.15) is 0 Å². The van der Waals surface area contributed by atoms with E-state index in [1.165, 1.54) is 0 Å². The summed E-state index contributed by atoms with van der Waals surface area (Å²) in [6.07, 6.45) is 1.38. The van der Waals surface area contributed by atoms with Crippen LogP contribution in [0.2, 0.25) is 10.0 Å². The number of halogens is 2. The summed E-state index contributed by atoms with van der Waals surface area (Å²) in [7, 11) is 0. The summed E-state index contributed by atoms with van der Waals surface area (Å²) in [6.45, 7) is 1.04. The van der Waals surface area contributed by atoms with Crippen LogP contribution >= 0.6 is 23.2 Å². The zero-order valence-electron chi connectivity index (χ0n) is 15.2. The van der Waals surface area contributed by atoms with Crippen LogP contribution in [0.4, 0.5) is 10.5 Å². The number of piperidine rings is 1. The zero-order valence-corrected chi connectivity index (χ0v) is 16.7. The molecule has 1 fully saturated rings. The van der Waals surface area contributed by atoms with Crippen molar-refractivity contribution < 1.29 is 14.3 Å². The smallest absolute Gasteiger partial charge is 0.321 e. The molecule has 1 aliphatic heterocycles. The Morgan fingerprint density at radius 2 is 1.68 bits per heavy atom. The van der Waals surface area contributed by atoms with E-state index < -0.39 is 0 Å². The summed E-state index contributed by atoms with van der Waals surface area (Å²) in [4.78, 5) is 26.2. The number of carbonyl (C=O) groups is 2. The molecule has 2 aromatic carbocycles. The van der Waals surface area contributed by atoms with Crippen molar-refractivity contribution in [2.75, 3.05) is 25.0 Å². The second kappa shape index (κ2) is 9.66. The molecule has 1 aliphatic rings. The number of nitrogens with zero attached hydrogens (tertiary/aromatic N) is 1. The minimum Gasteiger partial charge on any atom is -0.484 e. The third-order valence-electron chi connectivity index (χ3n) is 4.38. The van der Waals surface area contributed by atoms with E-state index in [1.54, 1.807) is 23.1 Å². The van der Waals surface area contributed by atoms with Crippen LogP contribution in [-0.2, 0) is 4.79 Å². The van der Waals surface area contributed by atoms with Gasteiger partial charge in [-0.05, 0) is 43.2 Å². The van der Waals surface area contributed by atoms with Crippen molar-refractivity contribution in [2.45, 2.75) is 18.9 Å². The molecule has 8 heteroatoms. The molecule has 2 aromatic rings. The van der Waals surface area contributed by atoms with E-state index >= 15 is 0 Å². The van der Waals surface area contributed by atoms with Crippen LogP contribution in [0, 0.1) is 0 Å². The quantitative estimate of drug-likeness (QED) is 0.760. The Bertz CT molecular complexity index is 804. The molecule has 148 valence electrons. The lowest BCUT2D eigenvalue weighted by Crippen LogP contribution is -2.48. The SMILES string of the molecule is O=C(COc1cc(Cl)cc(Cl)c1)NC1CCN(C(=O)Nc2ccccc2)CC1. The van der Waals surface area contributed by atoms with Gasteiger partial charge in [-0.15, -0.1) is 0 Å². The average Bonchev–Trinajstić information content (AvgIpc) is 2.67. The number of amides is 3. The monoisotopic (exact) mass is 421 g/mol. The number of nitrogens with one attached hydrogen (secondary N) is 2. The third kappa shape index (κ3) is 6.04. The molecule has 0 radical (unpaired) electrons. The molecule has 6 nitrogen and oxygen atoms in total. The van der Waals surface area contributed by atoms with Gasteiger partial charge in [0.2, 0.25) is 0 Å². The lowest BCUT2D eigenvalue weighted by atomic mass is 10.1. The van der Waals surface area contributed by atoms with Crippen molar-refractivity contribution in [3.05, 3.63) is 58.6 Å². The molecule has 0 saturated carbocycles. The maximum Gasteiger partial charge on any atom is 0.321 e. The van der Waals surface area contributed by atoms with Crippen LogP contribution in [-0.4, -0.2) is 42.6 Å². The summed E-state index contributed by atoms with van der Waals surface area (Å²) >= 11 is 11.8. The molecule has 3 rings (SSSR count). The Hall–Kier alpha value is -2.44. The number of rotatable bonds is 5. The predicted octanol–water partition coefficient (Wildman–Crippen LogP) is 4.18. The van der Waals surface area contributed by atoms with Gasteiger partial charge in [-0.3, -0.25) is 4.79 Å². The highest BCUT2D eigenvalue weighted by molar-refractivity contribution is 6.34. The Morgan fingerprint density at radius 3 is 2.32 bits per heavy atom. The van der Waals surface area contributed by atoms with Crippen molar-refractivity contribution >= 4 is 40.8 Å². The molecule has 1 saturated heterocycles. The van der Waals surface area contributed by atoms with Crippen LogP contribution in [0.1, 0.15) is 12.8 Å². The van der Waals surface area contributed by atoms with Crippen LogP contribution in [0.15, 0.2) is 48.5 Å². The number of benzene rings is 2. The first-order chi connectivity index (χ1) is 13.5. The molecule has 0 bridgehead atoms. The maximum atomic E-state index is 12.3. The van der Waals surface area contributed by atoms with Crippen molar-refractivity contribution in [3.8, 4) is 5.75 Å². The van der Waals surface area contributed by atoms with Gasteiger partial charge in [0.15, 0.2) is 6.61 Å². The van der Waals surface area contributed by atoms with E-state index in [1.807, 2.05) is 30.3 Å². The van der Waals surface area contributed by atoms with Gasteiger partial charge in [0.05, 0.1) is 0 Å². The van der Waals surface area contributed by atoms with Gasteiger partial charge in [-0.1, -0.05) is 41.4 Å². The third-order valence-corrected chi connectivity index (χ3v) is 4.81. The highest BCUT2D eigenvalue weighted by atomic mass is 35.5. The Balaban J connectivity index is 1.40. The first-order valence-electron chi connectivity index (χ1n) is 8.99. The summed E-state index contributed by atoms with van der Waals surface area (Å²) in [5.41, 5.74) is 0.765. The van der Waals surface area contributed by atoms with E-state index in [-0.39, 0.29) is 24.6 Å². The van der Waals surface area contributed by atoms with E-state index in [0.29, 0.717) is 41.7 Å². The first-order valence-corrected chi connectivity index (χ1v) is 9.74. The molecular weight excluding hydrogens is 401 g/mol. The fourth-order valence-electron chi connectivity index (χ4n) is 2.98. The molecule has 0 aromatic heterocycles. The molecule has 0 aliphatic carbocycles. The van der Waals surface area contributed by atoms with Crippen LogP contribution in [0.25, 0.3) is 0 Å². The first kappa shape index (κ1) is 20.3. The molecular formula is C20H21Cl2N3O3. The van der Waals surface area contributed by atoms with Gasteiger partial charge in [0, 0.05) is 34.9 Å². The maximum absolute atomic E-state index is 12.3. The summed E-state index contributed by atoms with van der Waals surface area (Å²) < 4.78 is 5.44. The van der Waals surface area contributed by atoms with Gasteiger partial charge in [0.25, 0.3) is 5.91 Å². The van der Waals surface area contributed by atoms with Crippen molar-refractivity contribution in [3.63, 3.8) is 0 Å². The number of hydrogen-bond acceptors (Lipinski definition) is 3. The van der Waals surface area contributed by atoms with Crippen LogP contribution < -0.4 is 15.4 Å².